The van der Waals surface area contributed by atoms with Crippen molar-refractivity contribution in [1.82, 2.24) is 5.32 Å². The van der Waals surface area contributed by atoms with Gasteiger partial charge in [-0.1, -0.05) is 26.8 Å². The van der Waals surface area contributed by atoms with Crippen LogP contribution in [-0.2, 0) is 10.2 Å². The first-order valence-electron chi connectivity index (χ1n) is 5.78. The summed E-state index contributed by atoms with van der Waals surface area (Å²) in [6, 6.07) is 4.86. The molecular weight excluding hydrogens is 217 g/mol. The smallest absolute Gasteiger partial charge is 0.227 e. The fraction of sp³-hybridized carbons (Fsp3) is 0.500. The minimum absolute atomic E-state index is 0.101. The molecule has 1 N–H and O–H groups in total. The highest BCUT2D eigenvalue weighted by Gasteiger charge is 2.19. The van der Waals surface area contributed by atoms with Gasteiger partial charge in [-0.15, -0.1) is 0 Å². The van der Waals surface area contributed by atoms with Gasteiger partial charge in [0.1, 0.15) is 5.82 Å². The van der Waals surface area contributed by atoms with Crippen molar-refractivity contribution in [1.29, 1.82) is 0 Å². The zero-order valence-electron chi connectivity index (χ0n) is 11.1. The molecule has 1 aromatic carbocycles. The van der Waals surface area contributed by atoms with Gasteiger partial charge in [0.05, 0.1) is 5.92 Å². The molecule has 0 bridgehead atoms. The van der Waals surface area contributed by atoms with E-state index in [4.69, 9.17) is 0 Å². The lowest BCUT2D eigenvalue weighted by Gasteiger charge is -2.21. The van der Waals surface area contributed by atoms with Crippen LogP contribution in [0.4, 0.5) is 4.39 Å². The molecule has 0 heterocycles. The number of benzene rings is 1. The van der Waals surface area contributed by atoms with Crippen LogP contribution in [0.25, 0.3) is 0 Å². The molecule has 1 aromatic rings. The molecule has 0 fully saturated rings. The van der Waals surface area contributed by atoms with E-state index in [9.17, 15) is 9.18 Å². The summed E-state index contributed by atoms with van der Waals surface area (Å²) in [5, 5.41) is 2.58. The van der Waals surface area contributed by atoms with Crippen LogP contribution in [0, 0.1) is 5.82 Å². The average molecular weight is 237 g/mol. The van der Waals surface area contributed by atoms with E-state index in [1.54, 1.807) is 14.0 Å². The molecular formula is C14H20FNO. The molecule has 1 atom stereocenters. The largest absolute Gasteiger partial charge is 0.359 e. The fourth-order valence-electron chi connectivity index (χ4n) is 1.66. The van der Waals surface area contributed by atoms with Gasteiger partial charge in [0.2, 0.25) is 5.91 Å². The van der Waals surface area contributed by atoms with Crippen LogP contribution in [0.15, 0.2) is 18.2 Å². The van der Waals surface area contributed by atoms with Gasteiger partial charge in [-0.2, -0.15) is 0 Å². The van der Waals surface area contributed by atoms with E-state index in [0.717, 1.165) is 5.56 Å². The lowest BCUT2D eigenvalue weighted by molar-refractivity contribution is -0.121. The van der Waals surface area contributed by atoms with E-state index in [1.165, 1.54) is 12.1 Å². The molecule has 17 heavy (non-hydrogen) atoms. The van der Waals surface area contributed by atoms with Crippen LogP contribution in [0.1, 0.15) is 44.7 Å². The topological polar surface area (TPSA) is 29.1 Å². The van der Waals surface area contributed by atoms with Crippen molar-refractivity contribution in [3.05, 3.63) is 35.1 Å². The molecule has 94 valence electrons. The fourth-order valence-corrected chi connectivity index (χ4v) is 1.66. The summed E-state index contributed by atoms with van der Waals surface area (Å²) in [6.07, 6.45) is 0. The summed E-state index contributed by atoms with van der Waals surface area (Å²) < 4.78 is 13.6. The Morgan fingerprint density at radius 3 is 2.35 bits per heavy atom. The van der Waals surface area contributed by atoms with Gasteiger partial charge < -0.3 is 5.32 Å². The van der Waals surface area contributed by atoms with Crippen LogP contribution in [-0.4, -0.2) is 13.0 Å². The zero-order chi connectivity index (χ0) is 13.2. The van der Waals surface area contributed by atoms with Gasteiger partial charge in [-0.3, -0.25) is 4.79 Å². The third-order valence-electron chi connectivity index (χ3n) is 2.93. The van der Waals surface area contributed by atoms with E-state index in [1.807, 2.05) is 26.8 Å². The Morgan fingerprint density at radius 2 is 1.88 bits per heavy atom. The van der Waals surface area contributed by atoms with E-state index >= 15 is 0 Å². The second kappa shape index (κ2) is 4.86. The maximum absolute atomic E-state index is 13.6. The van der Waals surface area contributed by atoms with Gasteiger partial charge >= 0.3 is 0 Å². The number of hydrogen-bond acceptors (Lipinski definition) is 1. The first-order valence-corrected chi connectivity index (χ1v) is 5.78. The quantitative estimate of drug-likeness (QED) is 0.841. The molecule has 0 saturated carbocycles. The third-order valence-corrected chi connectivity index (χ3v) is 2.93. The first-order chi connectivity index (χ1) is 7.75. The number of hydrogen-bond donors (Lipinski definition) is 1. The zero-order valence-corrected chi connectivity index (χ0v) is 11.1. The van der Waals surface area contributed by atoms with Crippen molar-refractivity contribution in [3.63, 3.8) is 0 Å². The summed E-state index contributed by atoms with van der Waals surface area (Å²) in [5.74, 6) is -0.726. The van der Waals surface area contributed by atoms with Crippen LogP contribution in [0.5, 0.6) is 0 Å². The predicted octanol–water partition coefficient (Wildman–Crippen LogP) is 2.97. The Hall–Kier alpha value is -1.38. The Kier molecular flexibility index (Phi) is 3.91. The lowest BCUT2D eigenvalue weighted by atomic mass is 9.84. The lowest BCUT2D eigenvalue weighted by Crippen LogP contribution is -2.24. The predicted molar refractivity (Wildman–Crippen MR) is 67.6 cm³/mol. The van der Waals surface area contributed by atoms with Gasteiger partial charge in [-0.05, 0) is 35.6 Å². The maximum atomic E-state index is 13.6. The van der Waals surface area contributed by atoms with E-state index in [0.29, 0.717) is 5.56 Å². The third kappa shape index (κ3) is 3.29. The molecule has 0 aliphatic carbocycles. The number of nitrogens with one attached hydrogen (secondary N) is 1. The molecule has 0 radical (unpaired) electrons. The maximum Gasteiger partial charge on any atom is 0.227 e. The first kappa shape index (κ1) is 13.7. The van der Waals surface area contributed by atoms with Crippen molar-refractivity contribution in [3.8, 4) is 0 Å². The highest BCUT2D eigenvalue weighted by molar-refractivity contribution is 5.82. The molecule has 0 aliphatic rings. The van der Waals surface area contributed by atoms with E-state index in [2.05, 4.69) is 5.32 Å². The summed E-state index contributed by atoms with van der Waals surface area (Å²) >= 11 is 0. The number of carbonyl (C=O) groups is 1. The van der Waals surface area contributed by atoms with Crippen molar-refractivity contribution in [2.75, 3.05) is 7.05 Å². The van der Waals surface area contributed by atoms with Crippen molar-refractivity contribution < 1.29 is 9.18 Å². The number of likely N-dealkylation sites (N-methyl/N-ethyl adjacent to an activating group) is 1. The van der Waals surface area contributed by atoms with E-state index in [-0.39, 0.29) is 23.1 Å². The van der Waals surface area contributed by atoms with Crippen molar-refractivity contribution in [2.24, 2.45) is 0 Å². The molecule has 0 saturated heterocycles. The second-order valence-corrected chi connectivity index (χ2v) is 5.36. The van der Waals surface area contributed by atoms with Gasteiger partial charge in [-0.25, -0.2) is 4.39 Å². The highest BCUT2D eigenvalue weighted by atomic mass is 19.1. The number of rotatable bonds is 2. The SMILES string of the molecule is CNC(=O)C(C)c1cc(F)cc(C(C)(C)C)c1. The molecule has 0 aromatic heterocycles. The standard InChI is InChI=1S/C14H20FNO/c1-9(13(17)16-5)10-6-11(14(2,3)4)8-12(15)7-10/h6-9H,1-5H3,(H,16,17). The minimum Gasteiger partial charge on any atom is -0.359 e. The number of carbonyl (C=O) groups excluding carboxylic acids is 1. The van der Waals surface area contributed by atoms with Crippen LogP contribution < -0.4 is 5.32 Å². The van der Waals surface area contributed by atoms with Crippen molar-refractivity contribution in [2.45, 2.75) is 39.0 Å². The Balaban J connectivity index is 3.18. The summed E-state index contributed by atoms with van der Waals surface area (Å²) in [5.41, 5.74) is 1.50. The highest BCUT2D eigenvalue weighted by Crippen LogP contribution is 2.27. The summed E-state index contributed by atoms with van der Waals surface area (Å²) in [7, 11) is 1.59. The summed E-state index contributed by atoms with van der Waals surface area (Å²) in [4.78, 5) is 11.6. The van der Waals surface area contributed by atoms with Crippen molar-refractivity contribution >= 4 is 5.91 Å². The van der Waals surface area contributed by atoms with Crippen LogP contribution in [0.3, 0.4) is 0 Å². The Labute approximate surface area is 102 Å². The monoisotopic (exact) mass is 237 g/mol. The molecule has 0 spiro atoms. The average Bonchev–Trinajstić information content (AvgIpc) is 2.25. The second-order valence-electron chi connectivity index (χ2n) is 5.36. The Bertz CT molecular complexity index is 421. The Morgan fingerprint density at radius 1 is 1.29 bits per heavy atom. The van der Waals surface area contributed by atoms with E-state index < -0.39 is 0 Å². The molecule has 1 unspecified atom stereocenters. The molecule has 1 amide bonds. The van der Waals surface area contributed by atoms with Gasteiger partial charge in [0.25, 0.3) is 0 Å². The van der Waals surface area contributed by atoms with Gasteiger partial charge in [0.15, 0.2) is 0 Å². The van der Waals surface area contributed by atoms with Crippen LogP contribution >= 0.6 is 0 Å². The number of halogens is 1. The summed E-state index contributed by atoms with van der Waals surface area (Å²) in [6.45, 7) is 7.85. The minimum atomic E-state index is -0.336. The molecule has 0 aliphatic heterocycles. The van der Waals surface area contributed by atoms with Crippen LogP contribution in [0.2, 0.25) is 0 Å². The normalized spacial score (nSPS) is 13.3. The molecule has 1 rings (SSSR count). The number of amides is 1. The molecule has 3 heteroatoms. The molecule has 2 nitrogen and oxygen atoms in total. The van der Waals surface area contributed by atoms with Gasteiger partial charge in [0, 0.05) is 7.05 Å².